The first-order chi connectivity index (χ1) is 11.7. The van der Waals surface area contributed by atoms with E-state index in [-0.39, 0.29) is 0 Å². The maximum absolute atomic E-state index is 3.72. The van der Waals surface area contributed by atoms with Gasteiger partial charge in [-0.1, -0.05) is 63.5 Å². The van der Waals surface area contributed by atoms with Crippen LogP contribution in [0.3, 0.4) is 0 Å². The molecular formula is C24H34. The monoisotopic (exact) mass is 322 g/mol. The Morgan fingerprint density at radius 3 is 2.08 bits per heavy atom. The quantitative estimate of drug-likeness (QED) is 0.394. The van der Waals surface area contributed by atoms with Crippen LogP contribution in [0.4, 0.5) is 0 Å². The fraction of sp³-hybridized carbons (Fsp3) is 0.667. The zero-order valence-corrected chi connectivity index (χ0v) is 15.8. The van der Waals surface area contributed by atoms with Gasteiger partial charge in [0.15, 0.2) is 0 Å². The Morgan fingerprint density at radius 1 is 0.833 bits per heavy atom. The Hall–Kier alpha value is -1.22. The van der Waals surface area contributed by atoms with Gasteiger partial charge in [0.1, 0.15) is 0 Å². The molecule has 24 heavy (non-hydrogen) atoms. The third-order valence-electron chi connectivity index (χ3n) is 6.80. The molecular weight excluding hydrogens is 288 g/mol. The molecule has 0 radical (unpaired) electrons. The fourth-order valence-corrected chi connectivity index (χ4v) is 4.78. The number of hydrogen-bond acceptors (Lipinski definition) is 0. The van der Waals surface area contributed by atoms with E-state index in [0.717, 1.165) is 6.42 Å². The Bertz CT molecular complexity index is 556. The van der Waals surface area contributed by atoms with Crippen LogP contribution in [0.5, 0.6) is 0 Å². The SMILES string of the molecule is CCCCCCC12CCC(C#Cc3ccc(CC)cc3)(CC1)CC2. The van der Waals surface area contributed by atoms with Crippen LogP contribution < -0.4 is 0 Å². The molecule has 0 amide bonds. The van der Waals surface area contributed by atoms with E-state index in [9.17, 15) is 0 Å². The highest BCUT2D eigenvalue weighted by atomic mass is 14.5. The molecule has 3 aliphatic rings. The number of unbranched alkanes of at least 4 members (excludes halogenated alkanes) is 3. The van der Waals surface area contributed by atoms with Crippen LogP contribution in [0.2, 0.25) is 0 Å². The number of rotatable bonds is 6. The number of fused-ring (bicyclic) bond motifs is 3. The largest absolute Gasteiger partial charge is 0.0911 e. The topological polar surface area (TPSA) is 0 Å². The summed E-state index contributed by atoms with van der Waals surface area (Å²) in [7, 11) is 0. The highest BCUT2D eigenvalue weighted by Crippen LogP contribution is 2.58. The van der Waals surface area contributed by atoms with Gasteiger partial charge in [-0.3, -0.25) is 0 Å². The molecule has 3 aliphatic carbocycles. The van der Waals surface area contributed by atoms with Crippen molar-refractivity contribution >= 4 is 0 Å². The summed E-state index contributed by atoms with van der Waals surface area (Å²) in [6.07, 6.45) is 16.6. The summed E-state index contributed by atoms with van der Waals surface area (Å²) < 4.78 is 0. The van der Waals surface area contributed by atoms with Crippen LogP contribution in [-0.4, -0.2) is 0 Å². The van der Waals surface area contributed by atoms with Gasteiger partial charge in [0.25, 0.3) is 0 Å². The molecule has 0 heteroatoms. The Balaban J connectivity index is 1.57. The van der Waals surface area contributed by atoms with Crippen LogP contribution in [0, 0.1) is 22.7 Å². The van der Waals surface area contributed by atoms with Gasteiger partial charge >= 0.3 is 0 Å². The summed E-state index contributed by atoms with van der Waals surface area (Å²) in [5.41, 5.74) is 3.64. The molecule has 0 N–H and O–H groups in total. The van der Waals surface area contributed by atoms with Crippen LogP contribution in [-0.2, 0) is 6.42 Å². The van der Waals surface area contributed by atoms with Gasteiger partial charge in [-0.15, -0.1) is 0 Å². The van der Waals surface area contributed by atoms with E-state index in [0.29, 0.717) is 10.8 Å². The minimum Gasteiger partial charge on any atom is -0.0911 e. The van der Waals surface area contributed by atoms with Gasteiger partial charge in [-0.25, -0.2) is 0 Å². The van der Waals surface area contributed by atoms with Gasteiger partial charge in [-0.05, 0) is 74.5 Å². The van der Waals surface area contributed by atoms with Crippen molar-refractivity contribution in [3.8, 4) is 11.8 Å². The molecule has 4 rings (SSSR count). The van der Waals surface area contributed by atoms with Crippen molar-refractivity contribution < 1.29 is 0 Å². The van der Waals surface area contributed by atoms with E-state index in [1.165, 1.54) is 81.8 Å². The average Bonchev–Trinajstić information content (AvgIpc) is 2.66. The molecule has 1 aromatic rings. The van der Waals surface area contributed by atoms with Crippen molar-refractivity contribution in [3.05, 3.63) is 35.4 Å². The molecule has 0 aromatic heterocycles. The van der Waals surface area contributed by atoms with Gasteiger partial charge in [0, 0.05) is 11.0 Å². The number of hydrogen-bond donors (Lipinski definition) is 0. The summed E-state index contributed by atoms with van der Waals surface area (Å²) in [5, 5.41) is 0. The molecule has 0 spiro atoms. The predicted molar refractivity (Wildman–Crippen MR) is 104 cm³/mol. The normalized spacial score (nSPS) is 28.4. The van der Waals surface area contributed by atoms with Crippen molar-refractivity contribution in [1.82, 2.24) is 0 Å². The first-order valence-electron chi connectivity index (χ1n) is 10.3. The molecule has 0 unspecified atom stereocenters. The molecule has 0 saturated heterocycles. The predicted octanol–water partition coefficient (Wildman–Crippen LogP) is 6.91. The second kappa shape index (κ2) is 7.77. The van der Waals surface area contributed by atoms with E-state index in [1.54, 1.807) is 0 Å². The Labute approximate surface area is 149 Å². The maximum Gasteiger partial charge on any atom is 0.0319 e. The summed E-state index contributed by atoms with van der Waals surface area (Å²) in [4.78, 5) is 0. The third-order valence-corrected chi connectivity index (χ3v) is 6.80. The lowest BCUT2D eigenvalue weighted by atomic mass is 9.53. The molecule has 3 saturated carbocycles. The van der Waals surface area contributed by atoms with Crippen molar-refractivity contribution in [2.75, 3.05) is 0 Å². The second-order valence-electron chi connectivity index (χ2n) is 8.39. The third kappa shape index (κ3) is 4.05. The lowest BCUT2D eigenvalue weighted by Crippen LogP contribution is -2.40. The maximum atomic E-state index is 3.72. The summed E-state index contributed by atoms with van der Waals surface area (Å²) in [6, 6.07) is 8.85. The van der Waals surface area contributed by atoms with E-state index in [2.05, 4.69) is 50.0 Å². The van der Waals surface area contributed by atoms with Gasteiger partial charge in [0.05, 0.1) is 0 Å². The molecule has 0 heterocycles. The fourth-order valence-electron chi connectivity index (χ4n) is 4.78. The molecule has 0 atom stereocenters. The lowest BCUT2D eigenvalue weighted by molar-refractivity contribution is 0.0185. The van der Waals surface area contributed by atoms with Gasteiger partial charge in [-0.2, -0.15) is 0 Å². The first-order valence-corrected chi connectivity index (χ1v) is 10.3. The van der Waals surface area contributed by atoms with E-state index >= 15 is 0 Å². The van der Waals surface area contributed by atoms with Crippen molar-refractivity contribution in [1.29, 1.82) is 0 Å². The standard InChI is InChI=1S/C24H34/c1-3-5-6-7-13-23-15-18-24(19-16-23,20-17-23)14-12-22-10-8-21(4-2)9-11-22/h8-11H,3-7,13,15-20H2,1-2H3. The minimum absolute atomic E-state index is 0.342. The molecule has 0 aliphatic heterocycles. The zero-order valence-electron chi connectivity index (χ0n) is 15.8. The van der Waals surface area contributed by atoms with E-state index in [4.69, 9.17) is 0 Å². The Morgan fingerprint density at radius 2 is 1.50 bits per heavy atom. The Kier molecular flexibility index (Phi) is 5.70. The van der Waals surface area contributed by atoms with Crippen LogP contribution in [0.1, 0.15) is 95.6 Å². The van der Waals surface area contributed by atoms with Crippen LogP contribution in [0.25, 0.3) is 0 Å². The summed E-state index contributed by atoms with van der Waals surface area (Å²) in [6.45, 7) is 4.51. The molecule has 0 nitrogen and oxygen atoms in total. The van der Waals surface area contributed by atoms with E-state index in [1.807, 2.05) is 0 Å². The lowest BCUT2D eigenvalue weighted by Gasteiger charge is -2.51. The second-order valence-corrected chi connectivity index (χ2v) is 8.39. The highest BCUT2D eigenvalue weighted by Gasteiger charge is 2.47. The van der Waals surface area contributed by atoms with Crippen molar-refractivity contribution in [3.63, 3.8) is 0 Å². The summed E-state index contributed by atoms with van der Waals surface area (Å²) in [5.74, 6) is 7.22. The smallest absolute Gasteiger partial charge is 0.0319 e. The number of benzene rings is 1. The minimum atomic E-state index is 0.342. The first kappa shape index (κ1) is 17.6. The van der Waals surface area contributed by atoms with Gasteiger partial charge < -0.3 is 0 Å². The van der Waals surface area contributed by atoms with Crippen LogP contribution in [0.15, 0.2) is 24.3 Å². The highest BCUT2D eigenvalue weighted by molar-refractivity contribution is 5.38. The molecule has 3 fully saturated rings. The molecule has 2 bridgehead atoms. The molecule has 130 valence electrons. The van der Waals surface area contributed by atoms with Crippen LogP contribution >= 0.6 is 0 Å². The van der Waals surface area contributed by atoms with Crippen molar-refractivity contribution in [2.24, 2.45) is 10.8 Å². The summed E-state index contributed by atoms with van der Waals surface area (Å²) >= 11 is 0. The number of aryl methyl sites for hydroxylation is 1. The molecule has 1 aromatic carbocycles. The van der Waals surface area contributed by atoms with Gasteiger partial charge in [0.2, 0.25) is 0 Å². The average molecular weight is 323 g/mol. The van der Waals surface area contributed by atoms with Crippen molar-refractivity contribution in [2.45, 2.75) is 90.9 Å². The van der Waals surface area contributed by atoms with E-state index < -0.39 is 0 Å². The zero-order chi connectivity index (χ0) is 16.9.